The summed E-state index contributed by atoms with van der Waals surface area (Å²) in [6.07, 6.45) is 1.68. The molecule has 1 atom stereocenters. The number of phenolic OH excluding ortho intramolecular Hbond substituents is 1. The molecule has 1 aromatic heterocycles. The third kappa shape index (κ3) is 2.97. The number of likely N-dealkylation sites (N-methyl/N-ethyl adjacent to an activating group) is 1. The maximum atomic E-state index is 12.4. The molecule has 8 nitrogen and oxygen atoms in total. The van der Waals surface area contributed by atoms with Gasteiger partial charge in [0.25, 0.3) is 5.91 Å². The van der Waals surface area contributed by atoms with Crippen LogP contribution in [0.15, 0.2) is 30.5 Å². The van der Waals surface area contributed by atoms with E-state index >= 15 is 0 Å². The molecule has 1 aromatic carbocycles. The van der Waals surface area contributed by atoms with Gasteiger partial charge in [-0.25, -0.2) is 13.6 Å². The van der Waals surface area contributed by atoms with E-state index in [2.05, 4.69) is 14.2 Å². The molecule has 0 bridgehead atoms. The van der Waals surface area contributed by atoms with E-state index in [4.69, 9.17) is 0 Å². The van der Waals surface area contributed by atoms with Gasteiger partial charge in [0, 0.05) is 32.9 Å². The third-order valence-electron chi connectivity index (χ3n) is 4.16. The molecule has 2 aromatic rings. The number of aromatic nitrogens is 1. The van der Waals surface area contributed by atoms with E-state index in [0.29, 0.717) is 15.2 Å². The molecular weight excluding hydrogens is 375 g/mol. The van der Waals surface area contributed by atoms with Crippen LogP contribution in [0.4, 0.5) is 11.5 Å². The van der Waals surface area contributed by atoms with Gasteiger partial charge in [-0.05, 0) is 35.1 Å². The molecule has 0 saturated carbocycles. The summed E-state index contributed by atoms with van der Waals surface area (Å²) in [5, 5.41) is 10.9. The predicted octanol–water partition coefficient (Wildman–Crippen LogP) is 0.544. The maximum absolute atomic E-state index is 12.4. The van der Waals surface area contributed by atoms with Crippen LogP contribution in [0.3, 0.4) is 0 Å². The molecule has 1 saturated heterocycles. The van der Waals surface area contributed by atoms with Crippen molar-refractivity contribution in [2.24, 2.45) is 0 Å². The Morgan fingerprint density at radius 3 is 2.38 bits per heavy atom. The zero-order chi connectivity index (χ0) is 19.2. The van der Waals surface area contributed by atoms with Crippen LogP contribution in [0.1, 0.15) is 0 Å². The van der Waals surface area contributed by atoms with Crippen LogP contribution in [0, 0.1) is 0 Å². The maximum Gasteiger partial charge on any atom is 0.329 e. The van der Waals surface area contributed by atoms with Crippen LogP contribution in [0.2, 0.25) is 0 Å². The summed E-state index contributed by atoms with van der Waals surface area (Å²) in [6, 6.07) is 6.91. The Hall–Kier alpha value is -2.38. The summed E-state index contributed by atoms with van der Waals surface area (Å²) in [7, 11) is 3.40. The van der Waals surface area contributed by atoms with Gasteiger partial charge >= 0.3 is 10.2 Å². The number of nitrogens with zero attached hydrogens (tertiary/aromatic N) is 4. The molecule has 138 valence electrons. The minimum atomic E-state index is -3.98. The number of rotatable bonds is 3. The van der Waals surface area contributed by atoms with E-state index in [-0.39, 0.29) is 18.0 Å². The number of amides is 1. The first kappa shape index (κ1) is 18.4. The summed E-state index contributed by atoms with van der Waals surface area (Å²) in [5.74, 6) is 0.0163. The van der Waals surface area contributed by atoms with Crippen LogP contribution in [-0.2, 0) is 15.0 Å². The zero-order valence-corrected chi connectivity index (χ0v) is 16.5. The van der Waals surface area contributed by atoms with Gasteiger partial charge in [-0.3, -0.25) is 4.79 Å². The van der Waals surface area contributed by atoms with Crippen molar-refractivity contribution < 1.29 is 18.3 Å². The van der Waals surface area contributed by atoms with Crippen molar-refractivity contribution in [1.29, 1.82) is 0 Å². The van der Waals surface area contributed by atoms with E-state index in [9.17, 15) is 18.3 Å². The molecular formula is C16H19N4O4PS. The quantitative estimate of drug-likeness (QED) is 0.764. The van der Waals surface area contributed by atoms with Gasteiger partial charge in [0.05, 0.1) is 0 Å². The Bertz CT molecular complexity index is 953. The Kier molecular flexibility index (Phi) is 4.54. The normalized spacial score (nSPS) is 16.2. The predicted molar refractivity (Wildman–Crippen MR) is 104 cm³/mol. The molecule has 0 aliphatic carbocycles. The largest absolute Gasteiger partial charge is 0.506 e. The highest BCUT2D eigenvalue weighted by Gasteiger charge is 2.41. The van der Waals surface area contributed by atoms with Crippen molar-refractivity contribution in [3.8, 4) is 16.9 Å². The summed E-state index contributed by atoms with van der Waals surface area (Å²) >= 11 is 0. The van der Waals surface area contributed by atoms with Gasteiger partial charge in [-0.1, -0.05) is 0 Å². The van der Waals surface area contributed by atoms with Crippen molar-refractivity contribution in [2.45, 2.75) is 0 Å². The lowest BCUT2D eigenvalue weighted by Crippen LogP contribution is -2.33. The zero-order valence-electron chi connectivity index (χ0n) is 14.5. The lowest BCUT2D eigenvalue weighted by Gasteiger charge is -2.21. The number of benzene rings is 1. The average Bonchev–Trinajstić information content (AvgIpc) is 2.77. The van der Waals surface area contributed by atoms with Crippen molar-refractivity contribution >= 4 is 42.2 Å². The smallest absolute Gasteiger partial charge is 0.329 e. The van der Waals surface area contributed by atoms with Gasteiger partial charge in [0.2, 0.25) is 0 Å². The first-order valence-corrected chi connectivity index (χ1v) is 9.66. The van der Waals surface area contributed by atoms with Crippen LogP contribution in [-0.4, -0.2) is 56.4 Å². The molecule has 2 heterocycles. The van der Waals surface area contributed by atoms with E-state index < -0.39 is 16.1 Å². The molecule has 10 heteroatoms. The lowest BCUT2D eigenvalue weighted by molar-refractivity contribution is -0.123. The minimum Gasteiger partial charge on any atom is -0.506 e. The molecule has 0 radical (unpaired) electrons. The van der Waals surface area contributed by atoms with Crippen LogP contribution >= 0.6 is 9.24 Å². The molecule has 1 N–H and O–H groups in total. The Balaban J connectivity index is 2.03. The van der Waals surface area contributed by atoms with Crippen molar-refractivity contribution in [1.82, 2.24) is 9.29 Å². The number of aromatic hydroxyl groups is 1. The molecule has 26 heavy (non-hydrogen) atoms. The van der Waals surface area contributed by atoms with E-state index in [1.165, 1.54) is 13.1 Å². The van der Waals surface area contributed by atoms with Crippen LogP contribution < -0.4 is 14.5 Å². The van der Waals surface area contributed by atoms with Crippen LogP contribution in [0.5, 0.6) is 5.75 Å². The number of carbonyl (C=O) groups excluding carboxylic acids is 1. The standard InChI is InChI=1S/C16H19N4O4PS/c1-18(2)14-5-4-10(8-17-14)11-6-12(21)16(13(25)7-11)20-9-15(22)19(3)26(20,23)24/h4-8,21H,9,25H2,1-3H3. The van der Waals surface area contributed by atoms with Crippen molar-refractivity contribution in [3.05, 3.63) is 30.5 Å². The SMILES string of the molecule is CN(C)c1ccc(-c2cc(O)c(N3CC(=O)N(C)S3(=O)=O)c(P)c2)cn1. The minimum absolute atomic E-state index is 0.0781. The Morgan fingerprint density at radius 2 is 1.92 bits per heavy atom. The number of carbonyl (C=O) groups is 1. The monoisotopic (exact) mass is 394 g/mol. The van der Waals surface area contributed by atoms with Gasteiger partial charge in [0.15, 0.2) is 0 Å². The molecule has 1 unspecified atom stereocenters. The number of anilines is 2. The average molecular weight is 394 g/mol. The third-order valence-corrected chi connectivity index (χ3v) is 6.37. The van der Waals surface area contributed by atoms with Gasteiger partial charge < -0.3 is 10.0 Å². The molecule has 1 aliphatic rings. The second-order valence-corrected chi connectivity index (χ2v) is 8.61. The fourth-order valence-electron chi connectivity index (χ4n) is 2.68. The molecule has 1 amide bonds. The first-order chi connectivity index (χ1) is 12.1. The Morgan fingerprint density at radius 1 is 1.23 bits per heavy atom. The second-order valence-electron chi connectivity index (χ2n) is 6.11. The fourth-order valence-corrected chi connectivity index (χ4v) is 4.57. The lowest BCUT2D eigenvalue weighted by atomic mass is 10.1. The molecule has 1 aliphatic heterocycles. The second kappa shape index (κ2) is 6.41. The van der Waals surface area contributed by atoms with E-state index in [1.807, 2.05) is 31.1 Å². The Labute approximate surface area is 154 Å². The highest BCUT2D eigenvalue weighted by Crippen LogP contribution is 2.36. The number of hydrogen-bond acceptors (Lipinski definition) is 6. The highest BCUT2D eigenvalue weighted by atomic mass is 32.2. The number of pyridine rings is 1. The van der Waals surface area contributed by atoms with E-state index in [0.717, 1.165) is 15.7 Å². The highest BCUT2D eigenvalue weighted by molar-refractivity contribution is 7.91. The number of phenols is 1. The van der Waals surface area contributed by atoms with E-state index in [1.54, 1.807) is 12.3 Å². The van der Waals surface area contributed by atoms with Gasteiger partial charge in [0.1, 0.15) is 23.8 Å². The van der Waals surface area contributed by atoms with Crippen molar-refractivity contribution in [2.75, 3.05) is 36.9 Å². The van der Waals surface area contributed by atoms with Crippen molar-refractivity contribution in [3.63, 3.8) is 0 Å². The molecule has 0 spiro atoms. The number of hydrogen-bond donors (Lipinski definition) is 1. The summed E-state index contributed by atoms with van der Waals surface area (Å²) in [4.78, 5) is 18.0. The van der Waals surface area contributed by atoms with Gasteiger partial charge in [-0.15, -0.1) is 9.24 Å². The topological polar surface area (TPSA) is 94.0 Å². The fraction of sp³-hybridized carbons (Fsp3) is 0.250. The molecule has 3 rings (SSSR count). The first-order valence-electron chi connectivity index (χ1n) is 7.68. The summed E-state index contributed by atoms with van der Waals surface area (Å²) < 4.78 is 26.3. The summed E-state index contributed by atoms with van der Waals surface area (Å²) in [6.45, 7) is -0.341. The van der Waals surface area contributed by atoms with Crippen LogP contribution in [0.25, 0.3) is 11.1 Å². The summed E-state index contributed by atoms with van der Waals surface area (Å²) in [5.41, 5.74) is 1.54. The molecule has 1 fully saturated rings. The van der Waals surface area contributed by atoms with Gasteiger partial charge in [-0.2, -0.15) is 8.42 Å².